The van der Waals surface area contributed by atoms with Gasteiger partial charge in [-0.15, -0.1) is 0 Å². The summed E-state index contributed by atoms with van der Waals surface area (Å²) in [7, 11) is 2.15. The SMILES string of the molecule is CC(C)NCC1CCC(CN(C)Cc2ccc(Cl)cc2)O1. The number of rotatable bonds is 7. The summed E-state index contributed by atoms with van der Waals surface area (Å²) in [6.07, 6.45) is 3.07. The summed E-state index contributed by atoms with van der Waals surface area (Å²) in [6, 6.07) is 8.60. The average molecular weight is 311 g/mol. The lowest BCUT2D eigenvalue weighted by atomic mass is 10.1. The molecule has 0 radical (unpaired) electrons. The van der Waals surface area contributed by atoms with Gasteiger partial charge in [-0.1, -0.05) is 37.6 Å². The van der Waals surface area contributed by atoms with Gasteiger partial charge in [0.15, 0.2) is 0 Å². The Morgan fingerprint density at radius 2 is 1.90 bits per heavy atom. The number of ether oxygens (including phenoxy) is 1. The molecule has 1 saturated heterocycles. The van der Waals surface area contributed by atoms with Crippen LogP contribution in [0.3, 0.4) is 0 Å². The molecule has 0 amide bonds. The van der Waals surface area contributed by atoms with Crippen molar-refractivity contribution in [2.75, 3.05) is 20.1 Å². The van der Waals surface area contributed by atoms with Crippen LogP contribution in [0, 0.1) is 0 Å². The van der Waals surface area contributed by atoms with Crippen molar-refractivity contribution in [1.82, 2.24) is 10.2 Å². The van der Waals surface area contributed by atoms with Crippen LogP contribution in [-0.2, 0) is 11.3 Å². The molecular formula is C17H27ClN2O. The summed E-state index contributed by atoms with van der Waals surface area (Å²) in [5.74, 6) is 0. The van der Waals surface area contributed by atoms with Gasteiger partial charge in [-0.3, -0.25) is 4.90 Å². The second-order valence-electron chi connectivity index (χ2n) is 6.34. The minimum Gasteiger partial charge on any atom is -0.372 e. The van der Waals surface area contributed by atoms with Crippen LogP contribution in [0.15, 0.2) is 24.3 Å². The van der Waals surface area contributed by atoms with Gasteiger partial charge in [0, 0.05) is 30.7 Å². The zero-order chi connectivity index (χ0) is 15.2. The highest BCUT2D eigenvalue weighted by atomic mass is 35.5. The Morgan fingerprint density at radius 1 is 1.24 bits per heavy atom. The van der Waals surface area contributed by atoms with Gasteiger partial charge in [0.25, 0.3) is 0 Å². The molecule has 2 atom stereocenters. The van der Waals surface area contributed by atoms with E-state index in [0.29, 0.717) is 18.2 Å². The molecular weight excluding hydrogens is 284 g/mol. The summed E-state index contributed by atoms with van der Waals surface area (Å²) < 4.78 is 6.11. The maximum absolute atomic E-state index is 6.11. The summed E-state index contributed by atoms with van der Waals surface area (Å²) >= 11 is 5.91. The largest absolute Gasteiger partial charge is 0.372 e. The second kappa shape index (κ2) is 8.14. The normalized spacial score (nSPS) is 22.4. The molecule has 1 aliphatic heterocycles. The number of nitrogens with one attached hydrogen (secondary N) is 1. The lowest BCUT2D eigenvalue weighted by Gasteiger charge is -2.22. The highest BCUT2D eigenvalue weighted by Gasteiger charge is 2.25. The first-order valence-electron chi connectivity index (χ1n) is 7.84. The second-order valence-corrected chi connectivity index (χ2v) is 6.78. The number of hydrogen-bond donors (Lipinski definition) is 1. The Kier molecular flexibility index (Phi) is 6.49. The molecule has 0 spiro atoms. The van der Waals surface area contributed by atoms with E-state index in [-0.39, 0.29) is 0 Å². The van der Waals surface area contributed by atoms with Crippen LogP contribution < -0.4 is 5.32 Å². The van der Waals surface area contributed by atoms with E-state index < -0.39 is 0 Å². The summed E-state index contributed by atoms with van der Waals surface area (Å²) in [4.78, 5) is 2.33. The third-order valence-corrected chi connectivity index (χ3v) is 4.08. The fourth-order valence-corrected chi connectivity index (χ4v) is 2.87. The van der Waals surface area contributed by atoms with Crippen molar-refractivity contribution >= 4 is 11.6 Å². The number of likely N-dealkylation sites (N-methyl/N-ethyl adjacent to an activating group) is 1. The highest BCUT2D eigenvalue weighted by Crippen LogP contribution is 2.20. The molecule has 3 nitrogen and oxygen atoms in total. The predicted octanol–water partition coefficient (Wildman–Crippen LogP) is 3.32. The summed E-state index contributed by atoms with van der Waals surface area (Å²) in [5.41, 5.74) is 1.29. The van der Waals surface area contributed by atoms with Gasteiger partial charge in [0.2, 0.25) is 0 Å². The van der Waals surface area contributed by atoms with Crippen molar-refractivity contribution in [3.63, 3.8) is 0 Å². The van der Waals surface area contributed by atoms with Crippen molar-refractivity contribution in [2.45, 2.75) is 51.5 Å². The average Bonchev–Trinajstić information content (AvgIpc) is 2.86. The zero-order valence-corrected chi connectivity index (χ0v) is 14.1. The lowest BCUT2D eigenvalue weighted by molar-refractivity contribution is 0.0259. The smallest absolute Gasteiger partial charge is 0.0707 e. The minimum atomic E-state index is 0.362. The summed E-state index contributed by atoms with van der Waals surface area (Å²) in [5, 5.41) is 4.25. The van der Waals surface area contributed by atoms with Crippen molar-refractivity contribution in [2.24, 2.45) is 0 Å². The predicted molar refractivity (Wildman–Crippen MR) is 88.8 cm³/mol. The first-order chi connectivity index (χ1) is 10.0. The molecule has 1 aromatic carbocycles. The van der Waals surface area contributed by atoms with Crippen molar-refractivity contribution in [3.05, 3.63) is 34.9 Å². The third kappa shape index (κ3) is 5.95. The molecule has 4 heteroatoms. The maximum Gasteiger partial charge on any atom is 0.0707 e. The van der Waals surface area contributed by atoms with Crippen molar-refractivity contribution in [3.8, 4) is 0 Å². The Hall–Kier alpha value is -0.610. The van der Waals surface area contributed by atoms with Gasteiger partial charge in [0.05, 0.1) is 12.2 Å². The Labute approximate surface area is 133 Å². The Bertz CT molecular complexity index is 421. The first kappa shape index (κ1) is 16.8. The molecule has 0 aromatic heterocycles. The van der Waals surface area contributed by atoms with Crippen LogP contribution in [0.1, 0.15) is 32.3 Å². The molecule has 2 unspecified atom stereocenters. The van der Waals surface area contributed by atoms with Crippen LogP contribution >= 0.6 is 11.6 Å². The van der Waals surface area contributed by atoms with Gasteiger partial charge < -0.3 is 10.1 Å². The van der Waals surface area contributed by atoms with Crippen LogP contribution in [0.25, 0.3) is 0 Å². The van der Waals surface area contributed by atoms with E-state index in [1.54, 1.807) is 0 Å². The molecule has 21 heavy (non-hydrogen) atoms. The zero-order valence-electron chi connectivity index (χ0n) is 13.3. The third-order valence-electron chi connectivity index (χ3n) is 3.83. The Morgan fingerprint density at radius 3 is 2.57 bits per heavy atom. The lowest BCUT2D eigenvalue weighted by Crippen LogP contribution is -2.34. The molecule has 1 heterocycles. The monoisotopic (exact) mass is 310 g/mol. The van der Waals surface area contributed by atoms with Crippen LogP contribution in [0.5, 0.6) is 0 Å². The van der Waals surface area contributed by atoms with Crippen molar-refractivity contribution in [1.29, 1.82) is 0 Å². The van der Waals surface area contributed by atoms with Gasteiger partial charge >= 0.3 is 0 Å². The van der Waals surface area contributed by atoms with E-state index in [4.69, 9.17) is 16.3 Å². The molecule has 118 valence electrons. The van der Waals surface area contributed by atoms with E-state index in [1.807, 2.05) is 12.1 Å². The summed E-state index contributed by atoms with van der Waals surface area (Å²) in [6.45, 7) is 7.24. The molecule has 1 aliphatic rings. The maximum atomic E-state index is 6.11. The number of halogens is 1. The fourth-order valence-electron chi connectivity index (χ4n) is 2.75. The van der Waals surface area contributed by atoms with Gasteiger partial charge in [-0.25, -0.2) is 0 Å². The van der Waals surface area contributed by atoms with E-state index in [1.165, 1.54) is 12.0 Å². The minimum absolute atomic E-state index is 0.362. The molecule has 1 aromatic rings. The van der Waals surface area contributed by atoms with Gasteiger partial charge in [-0.2, -0.15) is 0 Å². The van der Waals surface area contributed by atoms with E-state index >= 15 is 0 Å². The van der Waals surface area contributed by atoms with Crippen LogP contribution in [-0.4, -0.2) is 43.3 Å². The topological polar surface area (TPSA) is 24.5 Å². The van der Waals surface area contributed by atoms with E-state index in [9.17, 15) is 0 Å². The molecule has 1 fully saturated rings. The fraction of sp³-hybridized carbons (Fsp3) is 0.647. The van der Waals surface area contributed by atoms with E-state index in [0.717, 1.165) is 31.1 Å². The molecule has 1 N–H and O–H groups in total. The van der Waals surface area contributed by atoms with Gasteiger partial charge in [-0.05, 0) is 37.6 Å². The standard InChI is InChI=1S/C17H27ClN2O/c1-13(2)19-10-16-8-9-17(21-16)12-20(3)11-14-4-6-15(18)7-5-14/h4-7,13,16-17,19H,8-12H2,1-3H3. The number of benzene rings is 1. The number of hydrogen-bond acceptors (Lipinski definition) is 3. The van der Waals surface area contributed by atoms with Gasteiger partial charge in [0.1, 0.15) is 0 Å². The molecule has 0 saturated carbocycles. The number of nitrogens with zero attached hydrogens (tertiary/aromatic N) is 1. The molecule has 2 rings (SSSR count). The first-order valence-corrected chi connectivity index (χ1v) is 8.22. The van der Waals surface area contributed by atoms with Crippen LogP contribution in [0.4, 0.5) is 0 Å². The van der Waals surface area contributed by atoms with Crippen LogP contribution in [0.2, 0.25) is 5.02 Å². The van der Waals surface area contributed by atoms with E-state index in [2.05, 4.69) is 43.2 Å². The Balaban J connectivity index is 1.71. The highest BCUT2D eigenvalue weighted by molar-refractivity contribution is 6.30. The quantitative estimate of drug-likeness (QED) is 0.836. The molecule has 0 aliphatic carbocycles. The van der Waals surface area contributed by atoms with Crippen molar-refractivity contribution < 1.29 is 4.74 Å². The molecule has 0 bridgehead atoms.